The smallest absolute Gasteiger partial charge is 0.251 e. The van der Waals surface area contributed by atoms with Gasteiger partial charge in [0.1, 0.15) is 12.4 Å². The molecule has 128 valence electrons. The SMILES string of the molecule is CC(C)=CCO[C@@H]1COCC[C@H]1NC(=O)c1ccn2cnnc2c1. The van der Waals surface area contributed by atoms with Crippen LogP contribution in [-0.4, -0.2) is 52.5 Å². The molecule has 2 aromatic heterocycles. The van der Waals surface area contributed by atoms with Crippen molar-refractivity contribution in [2.24, 2.45) is 0 Å². The van der Waals surface area contributed by atoms with Crippen molar-refractivity contribution < 1.29 is 14.3 Å². The van der Waals surface area contributed by atoms with Crippen LogP contribution in [0.5, 0.6) is 0 Å². The predicted octanol–water partition coefficient (Wildman–Crippen LogP) is 1.60. The van der Waals surface area contributed by atoms with E-state index >= 15 is 0 Å². The molecule has 1 saturated heterocycles. The van der Waals surface area contributed by atoms with Gasteiger partial charge in [0, 0.05) is 18.4 Å². The van der Waals surface area contributed by atoms with Crippen molar-refractivity contribution in [2.75, 3.05) is 19.8 Å². The van der Waals surface area contributed by atoms with E-state index in [4.69, 9.17) is 9.47 Å². The topological polar surface area (TPSA) is 77.8 Å². The van der Waals surface area contributed by atoms with Crippen LogP contribution in [0.25, 0.3) is 5.65 Å². The first-order chi connectivity index (χ1) is 11.6. The molecule has 1 fully saturated rings. The van der Waals surface area contributed by atoms with E-state index in [1.807, 2.05) is 19.9 Å². The lowest BCUT2D eigenvalue weighted by Crippen LogP contribution is -2.50. The molecule has 0 aliphatic carbocycles. The fraction of sp³-hybridized carbons (Fsp3) is 0.471. The van der Waals surface area contributed by atoms with Gasteiger partial charge in [0.05, 0.1) is 19.3 Å². The molecule has 3 heterocycles. The van der Waals surface area contributed by atoms with Gasteiger partial charge in [-0.05, 0) is 32.4 Å². The van der Waals surface area contributed by atoms with E-state index in [-0.39, 0.29) is 18.1 Å². The molecule has 2 atom stereocenters. The van der Waals surface area contributed by atoms with Crippen LogP contribution in [0.4, 0.5) is 0 Å². The highest BCUT2D eigenvalue weighted by atomic mass is 16.5. The Hall–Kier alpha value is -2.25. The number of ether oxygens (including phenoxy) is 2. The molecule has 1 N–H and O–H groups in total. The van der Waals surface area contributed by atoms with Crippen molar-refractivity contribution in [1.29, 1.82) is 0 Å². The third-order valence-corrected chi connectivity index (χ3v) is 3.98. The zero-order valence-electron chi connectivity index (χ0n) is 13.9. The molecule has 1 amide bonds. The molecule has 0 saturated carbocycles. The Balaban J connectivity index is 1.65. The summed E-state index contributed by atoms with van der Waals surface area (Å²) in [7, 11) is 0. The molecule has 0 unspecified atom stereocenters. The van der Waals surface area contributed by atoms with Crippen LogP contribution < -0.4 is 5.32 Å². The third-order valence-electron chi connectivity index (χ3n) is 3.98. The number of amides is 1. The standard InChI is InChI=1S/C17H22N4O3/c1-12(2)4-8-24-15-10-23-7-5-14(15)19-17(22)13-3-6-21-11-18-20-16(21)9-13/h3-4,6,9,11,14-15H,5,7-8,10H2,1-2H3,(H,19,22)/t14-,15-/m1/s1. The highest BCUT2D eigenvalue weighted by Crippen LogP contribution is 2.13. The number of carbonyl (C=O) groups excluding carboxylic acids is 1. The molecule has 2 aromatic rings. The Morgan fingerprint density at radius 3 is 3.25 bits per heavy atom. The van der Waals surface area contributed by atoms with E-state index in [0.29, 0.717) is 31.0 Å². The zero-order valence-corrected chi connectivity index (χ0v) is 13.9. The molecule has 1 aliphatic rings. The van der Waals surface area contributed by atoms with Crippen molar-refractivity contribution >= 4 is 11.6 Å². The van der Waals surface area contributed by atoms with Gasteiger partial charge in [-0.2, -0.15) is 0 Å². The molecule has 3 rings (SSSR count). The Morgan fingerprint density at radius 2 is 2.42 bits per heavy atom. The fourth-order valence-corrected chi connectivity index (χ4v) is 2.59. The molecule has 0 radical (unpaired) electrons. The van der Waals surface area contributed by atoms with Crippen LogP contribution in [0.15, 0.2) is 36.3 Å². The number of rotatable bonds is 5. The number of fused-ring (bicyclic) bond motifs is 1. The third kappa shape index (κ3) is 3.98. The highest BCUT2D eigenvalue weighted by Gasteiger charge is 2.28. The summed E-state index contributed by atoms with van der Waals surface area (Å²) in [6.07, 6.45) is 5.99. The van der Waals surface area contributed by atoms with Crippen molar-refractivity contribution in [3.05, 3.63) is 41.9 Å². The number of hydrogen-bond acceptors (Lipinski definition) is 5. The first-order valence-corrected chi connectivity index (χ1v) is 8.06. The summed E-state index contributed by atoms with van der Waals surface area (Å²) < 4.78 is 13.1. The van der Waals surface area contributed by atoms with Gasteiger partial charge < -0.3 is 14.8 Å². The van der Waals surface area contributed by atoms with E-state index in [1.54, 1.807) is 29.1 Å². The Kier molecular flexibility index (Phi) is 5.22. The monoisotopic (exact) mass is 330 g/mol. The summed E-state index contributed by atoms with van der Waals surface area (Å²) in [5, 5.41) is 10.8. The molecule has 0 bridgehead atoms. The van der Waals surface area contributed by atoms with E-state index < -0.39 is 0 Å². The van der Waals surface area contributed by atoms with Crippen LogP contribution >= 0.6 is 0 Å². The van der Waals surface area contributed by atoms with Gasteiger partial charge in [-0.1, -0.05) is 11.6 Å². The van der Waals surface area contributed by atoms with Crippen LogP contribution in [0.1, 0.15) is 30.6 Å². The maximum atomic E-state index is 12.5. The lowest BCUT2D eigenvalue weighted by Gasteiger charge is -2.31. The lowest BCUT2D eigenvalue weighted by molar-refractivity contribution is -0.0589. The van der Waals surface area contributed by atoms with Gasteiger partial charge in [-0.15, -0.1) is 10.2 Å². The second-order valence-electron chi connectivity index (χ2n) is 6.11. The van der Waals surface area contributed by atoms with Gasteiger partial charge in [-0.3, -0.25) is 9.20 Å². The van der Waals surface area contributed by atoms with Crippen LogP contribution in [0.2, 0.25) is 0 Å². The maximum Gasteiger partial charge on any atom is 0.251 e. The van der Waals surface area contributed by atoms with Crippen molar-refractivity contribution in [2.45, 2.75) is 32.4 Å². The lowest BCUT2D eigenvalue weighted by atomic mass is 10.1. The molecule has 7 heteroatoms. The number of carbonyl (C=O) groups is 1. The first kappa shape index (κ1) is 16.6. The van der Waals surface area contributed by atoms with Gasteiger partial charge >= 0.3 is 0 Å². The van der Waals surface area contributed by atoms with Gasteiger partial charge in [0.25, 0.3) is 5.91 Å². The van der Waals surface area contributed by atoms with Gasteiger partial charge in [0.15, 0.2) is 5.65 Å². The number of hydrogen-bond donors (Lipinski definition) is 1. The molecule has 7 nitrogen and oxygen atoms in total. The number of pyridine rings is 1. The molecule has 24 heavy (non-hydrogen) atoms. The van der Waals surface area contributed by atoms with Crippen LogP contribution in [-0.2, 0) is 9.47 Å². The Labute approximate surface area is 140 Å². The summed E-state index contributed by atoms with van der Waals surface area (Å²) in [5.74, 6) is -0.136. The molecular formula is C17H22N4O3. The first-order valence-electron chi connectivity index (χ1n) is 8.06. The van der Waals surface area contributed by atoms with Gasteiger partial charge in [0.2, 0.25) is 0 Å². The largest absolute Gasteiger partial charge is 0.379 e. The number of aromatic nitrogens is 3. The molecule has 0 spiro atoms. The summed E-state index contributed by atoms with van der Waals surface area (Å²) in [5.41, 5.74) is 2.41. The van der Waals surface area contributed by atoms with Crippen molar-refractivity contribution in [3.63, 3.8) is 0 Å². The Bertz CT molecular complexity index is 736. The van der Waals surface area contributed by atoms with Crippen LogP contribution in [0, 0.1) is 0 Å². The van der Waals surface area contributed by atoms with Crippen molar-refractivity contribution in [1.82, 2.24) is 19.9 Å². The minimum absolute atomic E-state index is 0.0640. The van der Waals surface area contributed by atoms with E-state index in [9.17, 15) is 4.79 Å². The van der Waals surface area contributed by atoms with E-state index in [0.717, 1.165) is 6.42 Å². The molecular weight excluding hydrogens is 308 g/mol. The van der Waals surface area contributed by atoms with Crippen molar-refractivity contribution in [3.8, 4) is 0 Å². The number of allylic oxidation sites excluding steroid dienone is 1. The Morgan fingerprint density at radius 1 is 1.54 bits per heavy atom. The second kappa shape index (κ2) is 7.55. The van der Waals surface area contributed by atoms with Gasteiger partial charge in [-0.25, -0.2) is 0 Å². The highest BCUT2D eigenvalue weighted by molar-refractivity contribution is 5.95. The molecule has 0 aromatic carbocycles. The normalized spacial score (nSPS) is 20.8. The summed E-state index contributed by atoms with van der Waals surface area (Å²) in [4.78, 5) is 12.5. The minimum atomic E-state index is -0.143. The molecule has 1 aliphatic heterocycles. The average Bonchev–Trinajstić information content (AvgIpc) is 3.03. The summed E-state index contributed by atoms with van der Waals surface area (Å²) >= 11 is 0. The second-order valence-corrected chi connectivity index (χ2v) is 6.11. The summed E-state index contributed by atoms with van der Waals surface area (Å²) in [6.45, 7) is 5.69. The number of nitrogens with zero attached hydrogens (tertiary/aromatic N) is 3. The fourth-order valence-electron chi connectivity index (χ4n) is 2.59. The number of nitrogens with one attached hydrogen (secondary N) is 1. The van der Waals surface area contributed by atoms with E-state index in [2.05, 4.69) is 15.5 Å². The minimum Gasteiger partial charge on any atom is -0.379 e. The summed E-state index contributed by atoms with van der Waals surface area (Å²) in [6, 6.07) is 3.41. The average molecular weight is 330 g/mol. The van der Waals surface area contributed by atoms with Crippen LogP contribution in [0.3, 0.4) is 0 Å². The maximum absolute atomic E-state index is 12.5. The van der Waals surface area contributed by atoms with E-state index in [1.165, 1.54) is 5.57 Å². The quantitative estimate of drug-likeness (QED) is 0.843. The zero-order chi connectivity index (χ0) is 16.9. The predicted molar refractivity (Wildman–Crippen MR) is 88.8 cm³/mol.